The highest BCUT2D eigenvalue weighted by molar-refractivity contribution is 6.11. The predicted molar refractivity (Wildman–Crippen MR) is 124 cm³/mol. The number of carbonyl (C=O) groups is 10. The lowest BCUT2D eigenvalue weighted by Gasteiger charge is -2.13. The van der Waals surface area contributed by atoms with Crippen molar-refractivity contribution in [2.75, 3.05) is 13.2 Å². The van der Waals surface area contributed by atoms with Crippen LogP contribution in [0.3, 0.4) is 0 Å². The number of aliphatic hydroxyl groups excluding tert-OH is 3. The first-order valence-electron chi connectivity index (χ1n) is 12.1. The van der Waals surface area contributed by atoms with Gasteiger partial charge in [0.25, 0.3) is 0 Å². The average Bonchev–Trinajstić information content (AvgIpc) is 3.35. The number of aliphatic hydroxyl groups is 3. The number of hydrogen-bond donors (Lipinski definition) is 3. The summed E-state index contributed by atoms with van der Waals surface area (Å²) in [5, 5.41) is 26.0. The van der Waals surface area contributed by atoms with E-state index in [0.717, 1.165) is 0 Å². The van der Waals surface area contributed by atoms with Crippen LogP contribution in [0.15, 0.2) is 0 Å². The maximum atomic E-state index is 10.4. The number of carbonyl (C=O) groups excluding carboxylic acids is 10. The van der Waals surface area contributed by atoms with Crippen LogP contribution in [0, 0.1) is 0 Å². The van der Waals surface area contributed by atoms with Crippen LogP contribution in [0.2, 0.25) is 0 Å². The molecule has 2 unspecified atom stereocenters. The second-order valence-corrected chi connectivity index (χ2v) is 8.70. The van der Waals surface area contributed by atoms with Gasteiger partial charge >= 0.3 is 35.8 Å². The summed E-state index contributed by atoms with van der Waals surface area (Å²) < 4.78 is 17.0. The molecule has 3 N–H and O–H groups in total. The smallest absolute Gasteiger partial charge is 0.316 e. The second-order valence-electron chi connectivity index (χ2n) is 8.70. The molecule has 4 saturated heterocycles. The summed E-state index contributed by atoms with van der Waals surface area (Å²) in [4.78, 5) is 102. The van der Waals surface area contributed by atoms with E-state index in [-0.39, 0.29) is 75.2 Å². The van der Waals surface area contributed by atoms with Crippen molar-refractivity contribution in [1.29, 1.82) is 0 Å². The summed E-state index contributed by atoms with van der Waals surface area (Å²) in [7, 11) is 0. The van der Waals surface area contributed by atoms with E-state index in [4.69, 9.17) is 15.3 Å². The fourth-order valence-corrected chi connectivity index (χ4v) is 3.04. The van der Waals surface area contributed by atoms with Crippen LogP contribution >= 0.6 is 0 Å². The van der Waals surface area contributed by atoms with Crippen molar-refractivity contribution in [3.8, 4) is 0 Å². The molecule has 2 atom stereocenters. The van der Waals surface area contributed by atoms with Gasteiger partial charge in [-0.25, -0.2) is 0 Å². The first-order valence-corrected chi connectivity index (χ1v) is 12.1. The highest BCUT2D eigenvalue weighted by Crippen LogP contribution is 2.11. The van der Waals surface area contributed by atoms with Gasteiger partial charge in [-0.2, -0.15) is 0 Å². The zero-order valence-corrected chi connectivity index (χ0v) is 21.6. The first kappa shape index (κ1) is 35.0. The minimum atomic E-state index is -1.47. The molecule has 5 fully saturated rings. The van der Waals surface area contributed by atoms with Crippen LogP contribution in [0.5, 0.6) is 0 Å². The standard InChI is InChI=1S/2C5H6O4.2C5H6O3.C4H4O3/c6-3-1-4(7)9-5(8)2-3;6-2-1-3(7)5(9)4(2)8;6-4-1-5(7)3-8-2-4;6-4-2-1-3-5(7)8-4;5-3-1-2-4(6)7-3/h3,6H,1-2H2;4-5,8-9H,1H2;2*1-3H2;1-2H2. The van der Waals surface area contributed by atoms with Gasteiger partial charge in [-0.15, -0.1) is 0 Å². The van der Waals surface area contributed by atoms with E-state index < -0.39 is 53.8 Å². The Bertz CT molecular complexity index is 966. The summed E-state index contributed by atoms with van der Waals surface area (Å²) in [5.41, 5.74) is 0. The van der Waals surface area contributed by atoms with Gasteiger partial charge in [0, 0.05) is 12.8 Å². The monoisotopic (exact) mass is 588 g/mol. The molecule has 1 aliphatic carbocycles. The quantitative estimate of drug-likeness (QED) is 0.145. The van der Waals surface area contributed by atoms with Crippen molar-refractivity contribution in [2.24, 2.45) is 0 Å². The normalized spacial score (nSPS) is 24.3. The van der Waals surface area contributed by atoms with Gasteiger partial charge in [0.2, 0.25) is 0 Å². The molecule has 4 aliphatic heterocycles. The summed E-state index contributed by atoms with van der Waals surface area (Å²) in [6, 6.07) is 0. The second kappa shape index (κ2) is 17.6. The SMILES string of the molecule is O=C1CC(=O)C(O)C1O.O=C1CC(O)CC(=O)O1.O=C1CCC(=O)O1.O=C1CCCC(=O)O1.O=C1COCC(=O)C1. The fraction of sp³-hybridized carbons (Fsp3) is 0.583. The van der Waals surface area contributed by atoms with Gasteiger partial charge in [0.15, 0.2) is 23.1 Å². The largest absolute Gasteiger partial charge is 0.393 e. The fourth-order valence-electron chi connectivity index (χ4n) is 3.04. The minimum Gasteiger partial charge on any atom is -0.393 e. The Kier molecular flexibility index (Phi) is 15.0. The van der Waals surface area contributed by atoms with Crippen LogP contribution in [0.4, 0.5) is 0 Å². The van der Waals surface area contributed by atoms with Gasteiger partial charge in [-0.3, -0.25) is 47.9 Å². The lowest BCUT2D eigenvalue weighted by atomic mass is 10.1. The lowest BCUT2D eigenvalue weighted by molar-refractivity contribution is -0.168. The maximum Gasteiger partial charge on any atom is 0.316 e. The molecular formula is C24H28O17. The van der Waals surface area contributed by atoms with E-state index in [1.807, 2.05) is 0 Å². The maximum absolute atomic E-state index is 10.4. The molecule has 0 amide bonds. The topological polar surface area (TPSA) is 268 Å². The molecule has 1 saturated carbocycles. The van der Waals surface area contributed by atoms with Gasteiger partial charge in [0.05, 0.1) is 44.6 Å². The van der Waals surface area contributed by atoms with Gasteiger partial charge in [-0.1, -0.05) is 0 Å². The Hall–Kier alpha value is -4.06. The van der Waals surface area contributed by atoms with Crippen molar-refractivity contribution in [3.63, 3.8) is 0 Å². The molecule has 0 spiro atoms. The van der Waals surface area contributed by atoms with E-state index in [1.54, 1.807) is 0 Å². The van der Waals surface area contributed by atoms with Crippen LogP contribution in [-0.4, -0.2) is 106 Å². The molecule has 4 heterocycles. The van der Waals surface area contributed by atoms with Crippen molar-refractivity contribution in [1.82, 2.24) is 0 Å². The van der Waals surface area contributed by atoms with E-state index in [9.17, 15) is 47.9 Å². The zero-order valence-electron chi connectivity index (χ0n) is 21.6. The van der Waals surface area contributed by atoms with Crippen molar-refractivity contribution in [3.05, 3.63) is 0 Å². The highest BCUT2D eigenvalue weighted by Gasteiger charge is 2.38. The highest BCUT2D eigenvalue weighted by atomic mass is 16.6. The molecule has 0 aromatic heterocycles. The van der Waals surface area contributed by atoms with Crippen LogP contribution in [-0.2, 0) is 66.9 Å². The molecule has 41 heavy (non-hydrogen) atoms. The number of esters is 6. The number of hydrogen-bond acceptors (Lipinski definition) is 17. The van der Waals surface area contributed by atoms with Crippen LogP contribution in [0.25, 0.3) is 0 Å². The molecule has 5 aliphatic rings. The number of rotatable bonds is 0. The average molecular weight is 588 g/mol. The molecule has 5 rings (SSSR count). The third-order valence-electron chi connectivity index (χ3n) is 5.01. The predicted octanol–water partition coefficient (Wildman–Crippen LogP) is -2.90. The third kappa shape index (κ3) is 14.8. The lowest BCUT2D eigenvalue weighted by Crippen LogP contribution is -2.28. The molecule has 0 bridgehead atoms. The third-order valence-corrected chi connectivity index (χ3v) is 5.01. The zero-order chi connectivity index (χ0) is 31.1. The molecule has 17 heteroatoms. The Balaban J connectivity index is 0.000000257. The molecule has 0 aromatic rings. The molecule has 226 valence electrons. The Morgan fingerprint density at radius 1 is 0.488 bits per heavy atom. The minimum absolute atomic E-state index is 0.0638. The number of cyclic esters (lactones) is 6. The summed E-state index contributed by atoms with van der Waals surface area (Å²) in [5.74, 6) is -4.25. The Morgan fingerprint density at radius 2 is 0.854 bits per heavy atom. The number of ether oxygens (including phenoxy) is 4. The summed E-state index contributed by atoms with van der Waals surface area (Å²) in [6.45, 7) is 0.234. The van der Waals surface area contributed by atoms with Crippen molar-refractivity contribution < 1.29 is 82.2 Å². The number of Topliss-reactive ketones (excluding diaryl/α,β-unsaturated/α-hetero) is 4. The Labute approximate surface area is 231 Å². The molecule has 0 radical (unpaired) electrons. The van der Waals surface area contributed by atoms with Crippen molar-refractivity contribution >= 4 is 58.9 Å². The summed E-state index contributed by atoms with van der Waals surface area (Å²) in [6.07, 6.45) is -2.21. The van der Waals surface area contributed by atoms with Gasteiger partial charge < -0.3 is 34.3 Å². The molecular weight excluding hydrogens is 560 g/mol. The first-order chi connectivity index (χ1) is 19.2. The van der Waals surface area contributed by atoms with Gasteiger partial charge in [-0.05, 0) is 6.42 Å². The van der Waals surface area contributed by atoms with Crippen LogP contribution < -0.4 is 0 Å². The van der Waals surface area contributed by atoms with E-state index in [0.29, 0.717) is 19.3 Å². The van der Waals surface area contributed by atoms with Crippen molar-refractivity contribution in [2.45, 2.75) is 76.1 Å². The van der Waals surface area contributed by atoms with E-state index in [2.05, 4.69) is 18.9 Å². The van der Waals surface area contributed by atoms with Gasteiger partial charge in [0.1, 0.15) is 25.4 Å². The summed E-state index contributed by atoms with van der Waals surface area (Å²) >= 11 is 0. The molecule has 0 aromatic carbocycles. The number of ketones is 4. The van der Waals surface area contributed by atoms with Crippen LogP contribution in [0.1, 0.15) is 57.8 Å². The molecule has 17 nitrogen and oxygen atoms in total. The van der Waals surface area contributed by atoms with E-state index in [1.165, 1.54) is 0 Å². The Morgan fingerprint density at radius 3 is 1.05 bits per heavy atom. The van der Waals surface area contributed by atoms with E-state index >= 15 is 0 Å².